The summed E-state index contributed by atoms with van der Waals surface area (Å²) >= 11 is 0. The Bertz CT molecular complexity index is 894. The van der Waals surface area contributed by atoms with E-state index in [-0.39, 0.29) is 6.10 Å². The molecular formula is C19H21N5O2. The van der Waals surface area contributed by atoms with Gasteiger partial charge in [-0.15, -0.1) is 0 Å². The van der Waals surface area contributed by atoms with Gasteiger partial charge in [0, 0.05) is 24.1 Å². The van der Waals surface area contributed by atoms with Crippen LogP contribution in [0.25, 0.3) is 5.69 Å². The second-order valence-electron chi connectivity index (χ2n) is 6.24. The third-order valence-electron chi connectivity index (χ3n) is 4.29. The minimum absolute atomic E-state index is 0.202. The normalized spacial score (nSPS) is 15.4. The molecule has 4 rings (SSSR count). The van der Waals surface area contributed by atoms with Gasteiger partial charge in [0.15, 0.2) is 0 Å². The molecule has 0 spiro atoms. The smallest absolute Gasteiger partial charge is 0.248 e. The number of anilines is 1. The molecule has 7 heteroatoms. The molecule has 7 nitrogen and oxygen atoms in total. The standard InChI is InChI=1S/C19H21N5O2/c1-3-25-17-10-14-9-13(2)26-18(14)11-15(17)12-20-19-21-22-23-24(19)16-7-5-4-6-8-16/h4-8,10-11,13H,3,9,12H2,1-2H3,(H,20,21,23)/t13-/m0/s1. The van der Waals surface area contributed by atoms with E-state index in [2.05, 4.69) is 33.8 Å². The summed E-state index contributed by atoms with van der Waals surface area (Å²) in [6, 6.07) is 13.9. The molecule has 0 amide bonds. The number of hydrogen-bond donors (Lipinski definition) is 1. The van der Waals surface area contributed by atoms with Crippen molar-refractivity contribution in [2.75, 3.05) is 11.9 Å². The molecule has 0 bridgehead atoms. The van der Waals surface area contributed by atoms with Crippen molar-refractivity contribution in [3.05, 3.63) is 53.6 Å². The van der Waals surface area contributed by atoms with Crippen molar-refractivity contribution in [3.8, 4) is 17.2 Å². The first-order chi connectivity index (χ1) is 12.7. The predicted molar refractivity (Wildman–Crippen MR) is 97.9 cm³/mol. The Morgan fingerprint density at radius 3 is 2.92 bits per heavy atom. The largest absolute Gasteiger partial charge is 0.494 e. The van der Waals surface area contributed by atoms with Crippen molar-refractivity contribution < 1.29 is 9.47 Å². The molecule has 2 aromatic carbocycles. The number of benzene rings is 2. The highest BCUT2D eigenvalue weighted by atomic mass is 16.5. The van der Waals surface area contributed by atoms with Gasteiger partial charge in [0.25, 0.3) is 0 Å². The van der Waals surface area contributed by atoms with Gasteiger partial charge in [-0.2, -0.15) is 4.68 Å². The Hall–Kier alpha value is -3.09. The molecule has 1 aliphatic heterocycles. The number of aromatic nitrogens is 4. The van der Waals surface area contributed by atoms with Crippen LogP contribution < -0.4 is 14.8 Å². The number of nitrogens with zero attached hydrogens (tertiary/aromatic N) is 4. The van der Waals surface area contributed by atoms with E-state index in [0.717, 1.165) is 29.2 Å². The SMILES string of the molecule is CCOc1cc2c(cc1CNc1nnnn1-c1ccccc1)O[C@@H](C)C2. The van der Waals surface area contributed by atoms with E-state index in [0.29, 0.717) is 19.1 Å². The number of hydrogen-bond acceptors (Lipinski definition) is 6. The summed E-state index contributed by atoms with van der Waals surface area (Å²) < 4.78 is 13.4. The molecule has 0 aliphatic carbocycles. The van der Waals surface area contributed by atoms with Crippen LogP contribution in [-0.4, -0.2) is 32.9 Å². The molecule has 3 aromatic rings. The highest BCUT2D eigenvalue weighted by molar-refractivity contribution is 5.50. The highest BCUT2D eigenvalue weighted by Gasteiger charge is 2.22. The third-order valence-corrected chi connectivity index (χ3v) is 4.29. The van der Waals surface area contributed by atoms with E-state index >= 15 is 0 Å². The molecule has 0 unspecified atom stereocenters. The van der Waals surface area contributed by atoms with Crippen LogP contribution >= 0.6 is 0 Å². The van der Waals surface area contributed by atoms with Crippen LogP contribution in [0.2, 0.25) is 0 Å². The van der Waals surface area contributed by atoms with Crippen molar-refractivity contribution >= 4 is 5.95 Å². The Labute approximate surface area is 151 Å². The van der Waals surface area contributed by atoms with Crippen LogP contribution in [0.5, 0.6) is 11.5 Å². The van der Waals surface area contributed by atoms with E-state index in [9.17, 15) is 0 Å². The predicted octanol–water partition coefficient (Wildman–Crippen LogP) is 3.00. The molecule has 0 fully saturated rings. The monoisotopic (exact) mass is 351 g/mol. The lowest BCUT2D eigenvalue weighted by atomic mass is 10.1. The number of tetrazole rings is 1. The van der Waals surface area contributed by atoms with Gasteiger partial charge < -0.3 is 14.8 Å². The Kier molecular flexibility index (Phi) is 4.43. The molecule has 2 heterocycles. The Morgan fingerprint density at radius 1 is 1.27 bits per heavy atom. The molecule has 0 saturated heterocycles. The molecule has 134 valence electrons. The fourth-order valence-corrected chi connectivity index (χ4v) is 3.12. The van der Waals surface area contributed by atoms with Crippen molar-refractivity contribution in [2.45, 2.75) is 32.9 Å². The minimum Gasteiger partial charge on any atom is -0.494 e. The lowest BCUT2D eigenvalue weighted by Crippen LogP contribution is -2.09. The van der Waals surface area contributed by atoms with Crippen molar-refractivity contribution in [2.24, 2.45) is 0 Å². The Balaban J connectivity index is 1.57. The molecule has 1 N–H and O–H groups in total. The molecule has 1 atom stereocenters. The van der Waals surface area contributed by atoms with Crippen LogP contribution in [-0.2, 0) is 13.0 Å². The molecule has 1 aromatic heterocycles. The molecule has 26 heavy (non-hydrogen) atoms. The molecule has 0 radical (unpaired) electrons. The lowest BCUT2D eigenvalue weighted by Gasteiger charge is -2.13. The number of fused-ring (bicyclic) bond motifs is 1. The first-order valence-electron chi connectivity index (χ1n) is 8.77. The van der Waals surface area contributed by atoms with Gasteiger partial charge in [0.05, 0.1) is 12.3 Å². The fraction of sp³-hybridized carbons (Fsp3) is 0.316. The topological polar surface area (TPSA) is 74.1 Å². The van der Waals surface area contributed by atoms with E-state index in [4.69, 9.17) is 9.47 Å². The summed E-state index contributed by atoms with van der Waals surface area (Å²) in [7, 11) is 0. The van der Waals surface area contributed by atoms with Crippen LogP contribution in [0, 0.1) is 0 Å². The highest BCUT2D eigenvalue weighted by Crippen LogP contribution is 2.35. The van der Waals surface area contributed by atoms with Crippen LogP contribution in [0.1, 0.15) is 25.0 Å². The number of nitrogens with one attached hydrogen (secondary N) is 1. The Morgan fingerprint density at radius 2 is 2.12 bits per heavy atom. The van der Waals surface area contributed by atoms with E-state index in [1.807, 2.05) is 43.3 Å². The first kappa shape index (κ1) is 16.4. The van der Waals surface area contributed by atoms with Crippen LogP contribution in [0.4, 0.5) is 5.95 Å². The third kappa shape index (κ3) is 3.20. The van der Waals surface area contributed by atoms with E-state index in [1.165, 1.54) is 5.56 Å². The maximum atomic E-state index is 5.88. The average molecular weight is 351 g/mol. The molecule has 1 aliphatic rings. The summed E-state index contributed by atoms with van der Waals surface area (Å²) in [5, 5.41) is 15.2. The van der Waals surface area contributed by atoms with Gasteiger partial charge in [0.2, 0.25) is 5.95 Å². The summed E-state index contributed by atoms with van der Waals surface area (Å²) in [6.45, 7) is 5.21. The van der Waals surface area contributed by atoms with Gasteiger partial charge in [-0.25, -0.2) is 0 Å². The summed E-state index contributed by atoms with van der Waals surface area (Å²) in [6.07, 6.45) is 1.11. The number of para-hydroxylation sites is 1. The minimum atomic E-state index is 0.202. The lowest BCUT2D eigenvalue weighted by molar-refractivity contribution is 0.254. The van der Waals surface area contributed by atoms with E-state index in [1.54, 1.807) is 4.68 Å². The quantitative estimate of drug-likeness (QED) is 0.736. The van der Waals surface area contributed by atoms with Gasteiger partial charge in [-0.05, 0) is 48.5 Å². The summed E-state index contributed by atoms with van der Waals surface area (Å²) in [5.74, 6) is 2.38. The molecule has 0 saturated carbocycles. The second-order valence-corrected chi connectivity index (χ2v) is 6.24. The van der Waals surface area contributed by atoms with E-state index < -0.39 is 0 Å². The average Bonchev–Trinajstić information content (AvgIpc) is 3.26. The van der Waals surface area contributed by atoms with Crippen molar-refractivity contribution in [1.82, 2.24) is 20.2 Å². The van der Waals surface area contributed by atoms with Gasteiger partial charge >= 0.3 is 0 Å². The van der Waals surface area contributed by atoms with Crippen LogP contribution in [0.15, 0.2) is 42.5 Å². The maximum absolute atomic E-state index is 5.88. The zero-order chi connectivity index (χ0) is 17.9. The maximum Gasteiger partial charge on any atom is 0.248 e. The van der Waals surface area contributed by atoms with Crippen LogP contribution in [0.3, 0.4) is 0 Å². The number of rotatable bonds is 6. The summed E-state index contributed by atoms with van der Waals surface area (Å²) in [4.78, 5) is 0. The van der Waals surface area contributed by atoms with Crippen molar-refractivity contribution in [1.29, 1.82) is 0 Å². The zero-order valence-electron chi connectivity index (χ0n) is 14.8. The van der Waals surface area contributed by atoms with Gasteiger partial charge in [0.1, 0.15) is 17.6 Å². The molecular weight excluding hydrogens is 330 g/mol. The second kappa shape index (κ2) is 7.03. The fourth-order valence-electron chi connectivity index (χ4n) is 3.12. The first-order valence-corrected chi connectivity index (χ1v) is 8.77. The number of ether oxygens (including phenoxy) is 2. The van der Waals surface area contributed by atoms with Gasteiger partial charge in [-0.1, -0.05) is 23.3 Å². The van der Waals surface area contributed by atoms with Crippen molar-refractivity contribution in [3.63, 3.8) is 0 Å². The zero-order valence-corrected chi connectivity index (χ0v) is 14.8. The summed E-state index contributed by atoms with van der Waals surface area (Å²) in [5.41, 5.74) is 3.11. The van der Waals surface area contributed by atoms with Gasteiger partial charge in [-0.3, -0.25) is 0 Å².